The van der Waals surface area contributed by atoms with Crippen molar-refractivity contribution in [3.05, 3.63) is 94.0 Å². The van der Waals surface area contributed by atoms with Gasteiger partial charge in [0, 0.05) is 5.41 Å². The van der Waals surface area contributed by atoms with Crippen LogP contribution in [-0.2, 0) is 30.5 Å². The van der Waals surface area contributed by atoms with Crippen molar-refractivity contribution in [2.75, 3.05) is 7.11 Å². The van der Waals surface area contributed by atoms with Crippen molar-refractivity contribution in [1.29, 1.82) is 0 Å². The van der Waals surface area contributed by atoms with Gasteiger partial charge in [-0.25, -0.2) is 9.59 Å². The SMILES string of the molecule is CCC(CC)(c1ccc(CC[C@H](O[Si](C)(C)C(C)(C)C)C(C)(C)C)c(C)c1)c1ccc(-c2ccc(C(NC(=O)OC(C)(C)C)C(=O)OC)cc2)c(C)c1. The van der Waals surface area contributed by atoms with Crippen LogP contribution in [0.15, 0.2) is 60.7 Å². The highest BCUT2D eigenvalue weighted by molar-refractivity contribution is 6.74. The molecule has 0 aliphatic carbocycles. The number of alkyl carbamates (subject to hydrolysis) is 1. The summed E-state index contributed by atoms with van der Waals surface area (Å²) >= 11 is 0. The molecule has 1 unspecified atom stereocenters. The Morgan fingerprint density at radius 1 is 0.774 bits per heavy atom. The number of nitrogens with one attached hydrogen (secondary N) is 1. The first-order chi connectivity index (χ1) is 24.4. The summed E-state index contributed by atoms with van der Waals surface area (Å²) in [6.07, 6.45) is 3.51. The molecule has 0 heterocycles. The summed E-state index contributed by atoms with van der Waals surface area (Å²) in [7, 11) is -0.593. The Morgan fingerprint density at radius 3 is 1.77 bits per heavy atom. The summed E-state index contributed by atoms with van der Waals surface area (Å²) in [6.45, 7) is 33.0. The maximum Gasteiger partial charge on any atom is 0.408 e. The van der Waals surface area contributed by atoms with Gasteiger partial charge in [0.15, 0.2) is 14.4 Å². The Hall–Kier alpha value is -3.42. The lowest BCUT2D eigenvalue weighted by Crippen LogP contribution is -2.47. The summed E-state index contributed by atoms with van der Waals surface area (Å²) < 4.78 is 17.4. The largest absolute Gasteiger partial charge is 0.467 e. The minimum Gasteiger partial charge on any atom is -0.467 e. The molecule has 0 fully saturated rings. The zero-order valence-corrected chi connectivity index (χ0v) is 36.8. The predicted octanol–water partition coefficient (Wildman–Crippen LogP) is 12.2. The van der Waals surface area contributed by atoms with Crippen LogP contribution in [0.1, 0.15) is 135 Å². The fourth-order valence-corrected chi connectivity index (χ4v) is 8.49. The summed E-state index contributed by atoms with van der Waals surface area (Å²) in [5.74, 6) is -0.562. The zero-order chi connectivity index (χ0) is 40.2. The highest BCUT2D eigenvalue weighted by atomic mass is 28.4. The van der Waals surface area contributed by atoms with E-state index in [1.54, 1.807) is 20.8 Å². The number of esters is 1. The molecular formula is C46H69NO5Si. The minimum atomic E-state index is -1.90. The summed E-state index contributed by atoms with van der Waals surface area (Å²) in [5.41, 5.74) is 8.63. The molecule has 1 amide bonds. The van der Waals surface area contributed by atoms with Crippen molar-refractivity contribution in [2.45, 2.75) is 157 Å². The molecule has 1 N–H and O–H groups in total. The molecule has 3 aromatic rings. The van der Waals surface area contributed by atoms with Crippen LogP contribution in [0.3, 0.4) is 0 Å². The van der Waals surface area contributed by atoms with Gasteiger partial charge < -0.3 is 19.2 Å². The number of benzene rings is 3. The van der Waals surface area contributed by atoms with E-state index in [1.807, 2.05) is 24.3 Å². The molecule has 7 heteroatoms. The number of carbonyl (C=O) groups is 2. The number of ether oxygens (including phenoxy) is 2. The van der Waals surface area contributed by atoms with E-state index in [2.05, 4.69) is 124 Å². The third-order valence-corrected chi connectivity index (χ3v) is 15.9. The topological polar surface area (TPSA) is 73.9 Å². The van der Waals surface area contributed by atoms with Crippen molar-refractivity contribution < 1.29 is 23.5 Å². The number of methoxy groups -OCH3 is 1. The van der Waals surface area contributed by atoms with Crippen LogP contribution in [0.4, 0.5) is 4.79 Å². The number of aryl methyl sites for hydroxylation is 3. The third kappa shape index (κ3) is 10.8. The van der Waals surface area contributed by atoms with Gasteiger partial charge in [-0.15, -0.1) is 0 Å². The first-order valence-corrected chi connectivity index (χ1v) is 22.4. The molecule has 0 radical (unpaired) electrons. The standard InChI is InChI=1S/C46H69NO5Si/c1-17-46(18-2,36-25-23-33(31(3)29-36)24-28-39(43(5,6)7)52-53(15,16)45(11,12)13)37-26-27-38(32(4)30-37)34-19-21-35(22-20-34)40(41(48)50-14)47-42(49)51-44(8,9)10/h19-23,25-27,29-30,39-40H,17-18,24,28H2,1-16H3,(H,47,49)/t39-,40?/m0/s1. The monoisotopic (exact) mass is 743 g/mol. The van der Waals surface area contributed by atoms with E-state index in [0.29, 0.717) is 5.56 Å². The van der Waals surface area contributed by atoms with E-state index in [-0.39, 0.29) is 22.0 Å². The van der Waals surface area contributed by atoms with Gasteiger partial charge >= 0.3 is 12.1 Å². The Morgan fingerprint density at radius 2 is 1.32 bits per heavy atom. The van der Waals surface area contributed by atoms with Crippen molar-refractivity contribution in [3.8, 4) is 11.1 Å². The number of hydrogen-bond donors (Lipinski definition) is 1. The fraction of sp³-hybridized carbons (Fsp3) is 0.565. The molecule has 0 bridgehead atoms. The Kier molecular flexibility index (Phi) is 14.1. The van der Waals surface area contributed by atoms with Crippen molar-refractivity contribution in [2.24, 2.45) is 5.41 Å². The van der Waals surface area contributed by atoms with Gasteiger partial charge in [0.1, 0.15) is 5.60 Å². The molecular weight excluding hydrogens is 675 g/mol. The zero-order valence-electron chi connectivity index (χ0n) is 35.8. The van der Waals surface area contributed by atoms with Crippen LogP contribution >= 0.6 is 0 Å². The van der Waals surface area contributed by atoms with E-state index in [9.17, 15) is 9.59 Å². The van der Waals surface area contributed by atoms with Crippen molar-refractivity contribution in [3.63, 3.8) is 0 Å². The number of rotatable bonds is 13. The molecule has 2 atom stereocenters. The maximum atomic E-state index is 12.6. The lowest BCUT2D eigenvalue weighted by Gasteiger charge is -2.43. The molecule has 3 aromatic carbocycles. The van der Waals surface area contributed by atoms with E-state index >= 15 is 0 Å². The fourth-order valence-electron chi connectivity index (χ4n) is 6.96. The second-order valence-electron chi connectivity index (χ2n) is 18.5. The first kappa shape index (κ1) is 44.0. The average Bonchev–Trinajstić information content (AvgIpc) is 3.05. The molecule has 53 heavy (non-hydrogen) atoms. The van der Waals surface area contributed by atoms with Crippen LogP contribution in [0.2, 0.25) is 18.1 Å². The van der Waals surface area contributed by atoms with Gasteiger partial charge in [0.2, 0.25) is 0 Å². The van der Waals surface area contributed by atoms with E-state index < -0.39 is 32.0 Å². The number of carbonyl (C=O) groups excluding carboxylic acids is 2. The van der Waals surface area contributed by atoms with Crippen LogP contribution in [0, 0.1) is 19.3 Å². The first-order valence-electron chi connectivity index (χ1n) is 19.5. The molecule has 6 nitrogen and oxygen atoms in total. The lowest BCUT2D eigenvalue weighted by molar-refractivity contribution is -0.143. The van der Waals surface area contributed by atoms with Gasteiger partial charge in [0.25, 0.3) is 0 Å². The number of hydrogen-bond acceptors (Lipinski definition) is 5. The molecule has 0 aliphatic rings. The van der Waals surface area contributed by atoms with Crippen molar-refractivity contribution >= 4 is 20.4 Å². The lowest BCUT2D eigenvalue weighted by atomic mass is 9.69. The van der Waals surface area contributed by atoms with Gasteiger partial charge in [-0.2, -0.15) is 0 Å². The van der Waals surface area contributed by atoms with Gasteiger partial charge in [-0.3, -0.25) is 0 Å². The minimum absolute atomic E-state index is 0.0689. The molecule has 0 saturated heterocycles. The molecule has 0 spiro atoms. The molecule has 0 aliphatic heterocycles. The van der Waals surface area contributed by atoms with Crippen LogP contribution < -0.4 is 5.32 Å². The van der Waals surface area contributed by atoms with E-state index in [4.69, 9.17) is 13.9 Å². The average molecular weight is 744 g/mol. The maximum absolute atomic E-state index is 12.6. The third-order valence-electron chi connectivity index (χ3n) is 11.4. The quantitative estimate of drug-likeness (QED) is 0.139. The smallest absolute Gasteiger partial charge is 0.408 e. The van der Waals surface area contributed by atoms with Crippen molar-refractivity contribution in [1.82, 2.24) is 5.32 Å². The normalized spacial score (nSPS) is 14.0. The highest BCUT2D eigenvalue weighted by Gasteiger charge is 2.41. The summed E-state index contributed by atoms with van der Waals surface area (Å²) in [5, 5.41) is 2.84. The van der Waals surface area contributed by atoms with E-state index in [1.165, 1.54) is 34.9 Å². The molecule has 0 aromatic heterocycles. The number of amides is 1. The molecule has 0 saturated carbocycles. The van der Waals surface area contributed by atoms with Gasteiger partial charge in [-0.05, 0) is 128 Å². The second kappa shape index (κ2) is 16.9. The summed E-state index contributed by atoms with van der Waals surface area (Å²) in [6, 6.07) is 20.7. The Bertz CT molecular complexity index is 1700. The van der Waals surface area contributed by atoms with Gasteiger partial charge in [-0.1, -0.05) is 116 Å². The van der Waals surface area contributed by atoms with Crippen LogP contribution in [-0.4, -0.2) is 39.2 Å². The van der Waals surface area contributed by atoms with Crippen LogP contribution in [0.25, 0.3) is 11.1 Å². The predicted molar refractivity (Wildman–Crippen MR) is 223 cm³/mol. The summed E-state index contributed by atoms with van der Waals surface area (Å²) in [4.78, 5) is 25.1. The van der Waals surface area contributed by atoms with E-state index in [0.717, 1.165) is 36.8 Å². The molecule has 292 valence electrons. The molecule has 3 rings (SSSR count). The second-order valence-corrected chi connectivity index (χ2v) is 23.2. The van der Waals surface area contributed by atoms with Gasteiger partial charge in [0.05, 0.1) is 13.2 Å². The Balaban J connectivity index is 1.88. The highest BCUT2D eigenvalue weighted by Crippen LogP contribution is 2.43. The Labute approximate surface area is 322 Å². The van der Waals surface area contributed by atoms with Crippen LogP contribution in [0.5, 0.6) is 0 Å².